The molecule has 160 valence electrons. The third kappa shape index (κ3) is 4.02. The van der Waals surface area contributed by atoms with Gasteiger partial charge in [0.15, 0.2) is 5.65 Å². The van der Waals surface area contributed by atoms with E-state index in [-0.39, 0.29) is 11.1 Å². The zero-order valence-electron chi connectivity index (χ0n) is 17.6. The zero-order chi connectivity index (χ0) is 22.8. The summed E-state index contributed by atoms with van der Waals surface area (Å²) >= 11 is 0. The van der Waals surface area contributed by atoms with Crippen molar-refractivity contribution in [2.75, 3.05) is 0 Å². The maximum absolute atomic E-state index is 13.6. The maximum Gasteiger partial charge on any atom is 0.335 e. The van der Waals surface area contributed by atoms with E-state index in [1.54, 1.807) is 41.1 Å². The number of hydrogen-bond acceptors (Lipinski definition) is 4. The molecule has 6 heteroatoms. The number of fused-ring (bicyclic) bond motifs is 1. The van der Waals surface area contributed by atoms with Gasteiger partial charge in [0, 0.05) is 12.6 Å². The van der Waals surface area contributed by atoms with Crippen molar-refractivity contribution in [3.8, 4) is 16.8 Å². The zero-order valence-corrected chi connectivity index (χ0v) is 17.6. The minimum Gasteiger partial charge on any atom is -0.478 e. The van der Waals surface area contributed by atoms with Crippen LogP contribution < -0.4 is 5.56 Å². The Labute approximate surface area is 189 Å². The molecular formula is C27H19N3O3. The topological polar surface area (TPSA) is 85.1 Å². The molecule has 1 N–H and O–H groups in total. The molecule has 0 aliphatic heterocycles. The fourth-order valence-electron chi connectivity index (χ4n) is 3.84. The molecule has 0 atom stereocenters. The van der Waals surface area contributed by atoms with Gasteiger partial charge in [-0.2, -0.15) is 0 Å². The minimum atomic E-state index is -0.970. The standard InChI is InChI=1S/C27H19N3O3/c31-26-24(16-18-6-2-1-3-7-18)29-23-10-5-15-28-25(23)30(26)22-9-4-8-21(17-22)19-11-13-20(14-12-19)27(32)33/h1-15,17H,16H2,(H,32,33). The molecule has 5 rings (SSSR count). The van der Waals surface area contributed by atoms with Crippen LogP contribution >= 0.6 is 0 Å². The van der Waals surface area contributed by atoms with Gasteiger partial charge >= 0.3 is 5.97 Å². The highest BCUT2D eigenvalue weighted by atomic mass is 16.4. The van der Waals surface area contributed by atoms with Gasteiger partial charge in [-0.25, -0.2) is 14.8 Å². The van der Waals surface area contributed by atoms with Crippen LogP contribution in [0.1, 0.15) is 21.6 Å². The first-order valence-corrected chi connectivity index (χ1v) is 10.4. The Balaban J connectivity index is 1.65. The number of aromatic carboxylic acids is 1. The van der Waals surface area contributed by atoms with E-state index >= 15 is 0 Å². The normalized spacial score (nSPS) is 10.9. The molecule has 5 aromatic rings. The van der Waals surface area contributed by atoms with E-state index in [1.165, 1.54) is 0 Å². The Morgan fingerprint density at radius 2 is 1.64 bits per heavy atom. The Morgan fingerprint density at radius 1 is 0.848 bits per heavy atom. The first kappa shape index (κ1) is 20.3. The van der Waals surface area contributed by atoms with Crippen molar-refractivity contribution in [1.82, 2.24) is 14.5 Å². The molecule has 0 bridgehead atoms. The summed E-state index contributed by atoms with van der Waals surface area (Å²) < 4.78 is 1.59. The molecule has 0 aliphatic carbocycles. The van der Waals surface area contributed by atoms with E-state index in [2.05, 4.69) is 9.97 Å². The number of nitrogens with zero attached hydrogens (tertiary/aromatic N) is 3. The van der Waals surface area contributed by atoms with Crippen LogP contribution in [0, 0.1) is 0 Å². The van der Waals surface area contributed by atoms with Crippen LogP contribution in [0.25, 0.3) is 28.0 Å². The summed E-state index contributed by atoms with van der Waals surface area (Å²) in [6, 6.07) is 27.6. The highest BCUT2D eigenvalue weighted by Gasteiger charge is 2.15. The Bertz CT molecular complexity index is 1520. The van der Waals surface area contributed by atoms with Gasteiger partial charge in [-0.1, -0.05) is 54.6 Å². The smallest absolute Gasteiger partial charge is 0.335 e. The summed E-state index contributed by atoms with van der Waals surface area (Å²) in [5, 5.41) is 9.15. The lowest BCUT2D eigenvalue weighted by molar-refractivity contribution is 0.0697. The van der Waals surface area contributed by atoms with Crippen LogP contribution in [0.5, 0.6) is 0 Å². The largest absolute Gasteiger partial charge is 0.478 e. The van der Waals surface area contributed by atoms with Crippen LogP contribution in [0.15, 0.2) is 102 Å². The molecule has 0 spiro atoms. The summed E-state index contributed by atoms with van der Waals surface area (Å²) in [6.07, 6.45) is 2.06. The molecular weight excluding hydrogens is 414 g/mol. The predicted molar refractivity (Wildman–Crippen MR) is 127 cm³/mol. The third-order valence-corrected chi connectivity index (χ3v) is 5.47. The quantitative estimate of drug-likeness (QED) is 0.433. The highest BCUT2D eigenvalue weighted by molar-refractivity contribution is 5.88. The molecule has 0 saturated heterocycles. The number of rotatable bonds is 5. The minimum absolute atomic E-state index is 0.219. The fourth-order valence-corrected chi connectivity index (χ4v) is 3.84. The first-order valence-electron chi connectivity index (χ1n) is 10.4. The number of aromatic nitrogens is 3. The molecule has 2 aromatic heterocycles. The Kier molecular flexibility index (Phi) is 5.24. The van der Waals surface area contributed by atoms with Gasteiger partial charge in [0.1, 0.15) is 11.2 Å². The molecule has 0 unspecified atom stereocenters. The average Bonchev–Trinajstić information content (AvgIpc) is 2.85. The van der Waals surface area contributed by atoms with Crippen molar-refractivity contribution < 1.29 is 9.90 Å². The number of carboxylic acids is 1. The monoisotopic (exact) mass is 433 g/mol. The molecule has 0 amide bonds. The van der Waals surface area contributed by atoms with Gasteiger partial charge in [0.25, 0.3) is 5.56 Å². The Morgan fingerprint density at radius 3 is 2.39 bits per heavy atom. The van der Waals surface area contributed by atoms with Gasteiger partial charge < -0.3 is 5.11 Å². The van der Waals surface area contributed by atoms with Crippen LogP contribution in [-0.2, 0) is 6.42 Å². The maximum atomic E-state index is 13.6. The molecule has 6 nitrogen and oxygen atoms in total. The summed E-state index contributed by atoms with van der Waals surface area (Å²) in [6.45, 7) is 0. The van der Waals surface area contributed by atoms with Gasteiger partial charge in [-0.05, 0) is 53.1 Å². The number of benzene rings is 3. The Hall–Kier alpha value is -4.58. The summed E-state index contributed by atoms with van der Waals surface area (Å²) in [7, 11) is 0. The van der Waals surface area contributed by atoms with Gasteiger partial charge in [-0.15, -0.1) is 0 Å². The van der Waals surface area contributed by atoms with E-state index in [0.717, 1.165) is 16.7 Å². The molecule has 0 saturated carbocycles. The SMILES string of the molecule is O=C(O)c1ccc(-c2cccc(-n3c(=O)c(Cc4ccccc4)nc4cccnc43)c2)cc1. The van der Waals surface area contributed by atoms with Crippen molar-refractivity contribution >= 4 is 17.1 Å². The number of carboxylic acid groups (broad SMARTS) is 1. The van der Waals surface area contributed by atoms with Crippen LogP contribution in [0.3, 0.4) is 0 Å². The van der Waals surface area contributed by atoms with Crippen LogP contribution in [-0.4, -0.2) is 25.6 Å². The van der Waals surface area contributed by atoms with Crippen molar-refractivity contribution in [3.63, 3.8) is 0 Å². The summed E-state index contributed by atoms with van der Waals surface area (Å²) in [4.78, 5) is 33.8. The van der Waals surface area contributed by atoms with E-state index in [4.69, 9.17) is 5.11 Å². The van der Waals surface area contributed by atoms with Gasteiger partial charge in [0.2, 0.25) is 0 Å². The predicted octanol–water partition coefficient (Wildman–Crippen LogP) is 4.74. The van der Waals surface area contributed by atoms with E-state index in [9.17, 15) is 9.59 Å². The molecule has 0 radical (unpaired) electrons. The lowest BCUT2D eigenvalue weighted by atomic mass is 10.0. The third-order valence-electron chi connectivity index (χ3n) is 5.47. The lowest BCUT2D eigenvalue weighted by Gasteiger charge is -2.13. The molecule has 0 aliphatic rings. The number of carbonyl (C=O) groups is 1. The lowest BCUT2D eigenvalue weighted by Crippen LogP contribution is -2.25. The average molecular weight is 433 g/mol. The van der Waals surface area contributed by atoms with E-state index in [0.29, 0.717) is 29.0 Å². The second-order valence-corrected chi connectivity index (χ2v) is 7.64. The molecule has 33 heavy (non-hydrogen) atoms. The summed E-state index contributed by atoms with van der Waals surface area (Å²) in [5.74, 6) is -0.970. The molecule has 2 heterocycles. The molecule has 0 fully saturated rings. The summed E-state index contributed by atoms with van der Waals surface area (Å²) in [5.41, 5.74) is 4.95. The second kappa shape index (κ2) is 8.51. The van der Waals surface area contributed by atoms with Gasteiger partial charge in [-0.3, -0.25) is 9.36 Å². The van der Waals surface area contributed by atoms with Crippen molar-refractivity contribution in [2.24, 2.45) is 0 Å². The van der Waals surface area contributed by atoms with E-state index in [1.807, 2.05) is 60.7 Å². The van der Waals surface area contributed by atoms with Crippen molar-refractivity contribution in [1.29, 1.82) is 0 Å². The number of pyridine rings is 1. The van der Waals surface area contributed by atoms with Crippen LogP contribution in [0.4, 0.5) is 0 Å². The van der Waals surface area contributed by atoms with Crippen molar-refractivity contribution in [2.45, 2.75) is 6.42 Å². The van der Waals surface area contributed by atoms with Gasteiger partial charge in [0.05, 0.1) is 11.3 Å². The number of hydrogen-bond donors (Lipinski definition) is 1. The first-order chi connectivity index (χ1) is 16.1. The highest BCUT2D eigenvalue weighted by Crippen LogP contribution is 2.24. The van der Waals surface area contributed by atoms with Crippen molar-refractivity contribution in [3.05, 3.63) is 124 Å². The second-order valence-electron chi connectivity index (χ2n) is 7.64. The van der Waals surface area contributed by atoms with Crippen LogP contribution in [0.2, 0.25) is 0 Å². The van der Waals surface area contributed by atoms with E-state index < -0.39 is 5.97 Å². The molecule has 3 aromatic carbocycles. The fraction of sp³-hybridized carbons (Fsp3) is 0.0370.